The van der Waals surface area contributed by atoms with E-state index >= 15 is 0 Å². The van der Waals surface area contributed by atoms with Crippen LogP contribution in [-0.4, -0.2) is 9.78 Å². The van der Waals surface area contributed by atoms with Crippen molar-refractivity contribution in [2.45, 2.75) is 0 Å². The first kappa shape index (κ1) is 12.0. The molecule has 3 rings (SSSR count). The highest BCUT2D eigenvalue weighted by Gasteiger charge is 2.12. The molecule has 19 heavy (non-hydrogen) atoms. The minimum absolute atomic E-state index is 0.338. The second-order valence-electron chi connectivity index (χ2n) is 3.95. The Balaban J connectivity index is 2.07. The molecule has 0 spiro atoms. The minimum atomic E-state index is -0.338. The van der Waals surface area contributed by atoms with Gasteiger partial charge in [-0.15, -0.1) is 0 Å². The molecule has 0 saturated heterocycles. The monoisotopic (exact) mass is 321 g/mol. The van der Waals surface area contributed by atoms with Crippen molar-refractivity contribution in [3.05, 3.63) is 53.0 Å². The molecule has 0 aliphatic carbocycles. The van der Waals surface area contributed by atoms with E-state index in [2.05, 4.69) is 21.0 Å². The first-order valence-electron chi connectivity index (χ1n) is 5.51. The van der Waals surface area contributed by atoms with E-state index in [1.54, 1.807) is 30.3 Å². The van der Waals surface area contributed by atoms with Crippen LogP contribution in [0.2, 0.25) is 0 Å². The van der Waals surface area contributed by atoms with Gasteiger partial charge in [0.2, 0.25) is 0 Å². The fourth-order valence-electron chi connectivity index (χ4n) is 1.78. The Morgan fingerprint density at radius 2 is 2.05 bits per heavy atom. The lowest BCUT2D eigenvalue weighted by Gasteiger charge is -2.03. The van der Waals surface area contributed by atoms with Gasteiger partial charge in [-0.25, -0.2) is 9.07 Å². The van der Waals surface area contributed by atoms with Crippen molar-refractivity contribution in [3.63, 3.8) is 0 Å². The standard InChI is InChI=1S/C13H9BrFN3O/c14-12-5-4-11(19-12)10-7-13(16)18(17-10)9-3-1-2-8(15)6-9/h1-7H,16H2. The smallest absolute Gasteiger partial charge is 0.169 e. The summed E-state index contributed by atoms with van der Waals surface area (Å²) in [6.45, 7) is 0. The number of benzene rings is 1. The van der Waals surface area contributed by atoms with Gasteiger partial charge in [0, 0.05) is 6.07 Å². The van der Waals surface area contributed by atoms with Crippen LogP contribution in [0, 0.1) is 5.82 Å². The van der Waals surface area contributed by atoms with E-state index in [-0.39, 0.29) is 5.82 Å². The van der Waals surface area contributed by atoms with Crippen molar-refractivity contribution in [1.29, 1.82) is 0 Å². The van der Waals surface area contributed by atoms with Crippen LogP contribution in [0.25, 0.3) is 17.1 Å². The highest BCUT2D eigenvalue weighted by Crippen LogP contribution is 2.26. The molecule has 0 amide bonds. The van der Waals surface area contributed by atoms with Crippen LogP contribution in [0.5, 0.6) is 0 Å². The van der Waals surface area contributed by atoms with Gasteiger partial charge in [0.25, 0.3) is 0 Å². The van der Waals surface area contributed by atoms with Gasteiger partial charge < -0.3 is 10.2 Å². The van der Waals surface area contributed by atoms with Gasteiger partial charge in [0.05, 0.1) is 5.69 Å². The summed E-state index contributed by atoms with van der Waals surface area (Å²) in [5.41, 5.74) is 7.05. The van der Waals surface area contributed by atoms with Gasteiger partial charge >= 0.3 is 0 Å². The summed E-state index contributed by atoms with van der Waals surface area (Å²) < 4.78 is 20.7. The largest absolute Gasteiger partial charge is 0.448 e. The summed E-state index contributed by atoms with van der Waals surface area (Å²) >= 11 is 3.23. The number of furan rings is 1. The molecule has 0 bridgehead atoms. The van der Waals surface area contributed by atoms with Gasteiger partial charge in [0.1, 0.15) is 17.3 Å². The molecule has 2 aromatic heterocycles. The number of nitrogens with two attached hydrogens (primary N) is 1. The molecular formula is C13H9BrFN3O. The van der Waals surface area contributed by atoms with Gasteiger partial charge in [-0.2, -0.15) is 5.10 Å². The molecule has 1 aromatic carbocycles. The number of nitrogen functional groups attached to an aromatic ring is 1. The number of nitrogens with zero attached hydrogens (tertiary/aromatic N) is 2. The molecule has 0 radical (unpaired) electrons. The van der Waals surface area contributed by atoms with Gasteiger partial charge in [-0.3, -0.25) is 0 Å². The lowest BCUT2D eigenvalue weighted by Crippen LogP contribution is -2.01. The Labute approximate surface area is 116 Å². The maximum Gasteiger partial charge on any atom is 0.169 e. The molecule has 6 heteroatoms. The van der Waals surface area contributed by atoms with E-state index in [0.29, 0.717) is 27.6 Å². The molecule has 4 nitrogen and oxygen atoms in total. The van der Waals surface area contributed by atoms with Crippen molar-refractivity contribution in [1.82, 2.24) is 9.78 Å². The van der Waals surface area contributed by atoms with Crippen molar-refractivity contribution >= 4 is 21.7 Å². The van der Waals surface area contributed by atoms with Gasteiger partial charge in [-0.05, 0) is 46.3 Å². The Morgan fingerprint density at radius 3 is 2.74 bits per heavy atom. The van der Waals surface area contributed by atoms with Crippen LogP contribution in [-0.2, 0) is 0 Å². The van der Waals surface area contributed by atoms with E-state index < -0.39 is 0 Å². The van der Waals surface area contributed by atoms with E-state index in [1.165, 1.54) is 16.8 Å². The molecule has 0 unspecified atom stereocenters. The number of rotatable bonds is 2. The van der Waals surface area contributed by atoms with Crippen LogP contribution >= 0.6 is 15.9 Å². The molecule has 2 heterocycles. The molecule has 0 fully saturated rings. The molecule has 0 saturated carbocycles. The van der Waals surface area contributed by atoms with Crippen LogP contribution in [0.3, 0.4) is 0 Å². The summed E-state index contributed by atoms with van der Waals surface area (Å²) in [5, 5.41) is 4.32. The van der Waals surface area contributed by atoms with Crippen LogP contribution in [0.15, 0.2) is 51.6 Å². The zero-order valence-corrected chi connectivity index (χ0v) is 11.3. The Bertz CT molecular complexity index is 735. The molecule has 96 valence electrons. The van der Waals surface area contributed by atoms with Crippen molar-refractivity contribution in [3.8, 4) is 17.1 Å². The predicted molar refractivity (Wildman–Crippen MR) is 73.3 cm³/mol. The van der Waals surface area contributed by atoms with Gasteiger partial charge in [0.15, 0.2) is 10.4 Å². The fraction of sp³-hybridized carbons (Fsp3) is 0. The average Bonchev–Trinajstić information content (AvgIpc) is 2.95. The Morgan fingerprint density at radius 1 is 1.21 bits per heavy atom. The lowest BCUT2D eigenvalue weighted by atomic mass is 10.3. The van der Waals surface area contributed by atoms with Crippen LogP contribution < -0.4 is 5.73 Å². The number of anilines is 1. The average molecular weight is 322 g/mol. The zero-order valence-electron chi connectivity index (χ0n) is 9.68. The number of hydrogen-bond donors (Lipinski definition) is 1. The molecule has 0 atom stereocenters. The van der Waals surface area contributed by atoms with E-state index in [4.69, 9.17) is 10.2 Å². The maximum absolute atomic E-state index is 13.2. The zero-order chi connectivity index (χ0) is 13.4. The first-order chi connectivity index (χ1) is 9.13. The third-order valence-electron chi connectivity index (χ3n) is 2.62. The maximum atomic E-state index is 13.2. The highest BCUT2D eigenvalue weighted by molar-refractivity contribution is 9.10. The van der Waals surface area contributed by atoms with E-state index in [9.17, 15) is 4.39 Å². The quantitative estimate of drug-likeness (QED) is 0.784. The molecule has 0 aliphatic rings. The second kappa shape index (κ2) is 4.55. The fourth-order valence-corrected chi connectivity index (χ4v) is 2.09. The lowest BCUT2D eigenvalue weighted by molar-refractivity contribution is 0.553. The Hall–Kier alpha value is -2.08. The summed E-state index contributed by atoms with van der Waals surface area (Å²) in [6.07, 6.45) is 0. The topological polar surface area (TPSA) is 57.0 Å². The first-order valence-corrected chi connectivity index (χ1v) is 6.30. The van der Waals surface area contributed by atoms with Crippen molar-refractivity contribution in [2.24, 2.45) is 0 Å². The van der Waals surface area contributed by atoms with Crippen LogP contribution in [0.4, 0.5) is 10.2 Å². The summed E-state index contributed by atoms with van der Waals surface area (Å²) in [7, 11) is 0. The number of aromatic nitrogens is 2. The van der Waals surface area contributed by atoms with Crippen molar-refractivity contribution in [2.75, 3.05) is 5.73 Å². The van der Waals surface area contributed by atoms with Crippen LogP contribution in [0.1, 0.15) is 0 Å². The SMILES string of the molecule is Nc1cc(-c2ccc(Br)o2)nn1-c1cccc(F)c1. The molecule has 3 aromatic rings. The second-order valence-corrected chi connectivity index (χ2v) is 4.73. The summed E-state index contributed by atoms with van der Waals surface area (Å²) in [5.74, 6) is 0.663. The minimum Gasteiger partial charge on any atom is -0.448 e. The van der Waals surface area contributed by atoms with Gasteiger partial charge in [-0.1, -0.05) is 6.07 Å². The number of halogens is 2. The van der Waals surface area contributed by atoms with E-state index in [1.807, 2.05) is 0 Å². The predicted octanol–water partition coefficient (Wildman–Crippen LogP) is 3.62. The molecule has 2 N–H and O–H groups in total. The molecular weight excluding hydrogens is 313 g/mol. The summed E-state index contributed by atoms with van der Waals surface area (Å²) in [4.78, 5) is 0. The third kappa shape index (κ3) is 2.26. The normalized spacial score (nSPS) is 10.8. The highest BCUT2D eigenvalue weighted by atomic mass is 79.9. The number of hydrogen-bond acceptors (Lipinski definition) is 3. The Kier molecular flexibility index (Phi) is 2.87. The molecule has 0 aliphatic heterocycles. The van der Waals surface area contributed by atoms with E-state index in [0.717, 1.165) is 0 Å². The third-order valence-corrected chi connectivity index (χ3v) is 3.04. The van der Waals surface area contributed by atoms with Crippen molar-refractivity contribution < 1.29 is 8.81 Å². The summed E-state index contributed by atoms with van der Waals surface area (Å²) in [6, 6.07) is 11.3.